The van der Waals surface area contributed by atoms with Crippen molar-refractivity contribution in [3.63, 3.8) is 0 Å². The number of hydrogen-bond acceptors (Lipinski definition) is 1. The summed E-state index contributed by atoms with van der Waals surface area (Å²) in [5.41, 5.74) is 1.73. The smallest absolute Gasteiger partial charge is 0.163 e. The number of ether oxygens (including phenoxy) is 1. The Labute approximate surface area is 115 Å². The molecule has 0 aliphatic rings. The van der Waals surface area contributed by atoms with Crippen molar-refractivity contribution in [2.24, 2.45) is 0 Å². The van der Waals surface area contributed by atoms with Crippen LogP contribution in [0.2, 0.25) is 0 Å². The van der Waals surface area contributed by atoms with Crippen LogP contribution in [0.15, 0.2) is 36.4 Å². The van der Waals surface area contributed by atoms with Crippen molar-refractivity contribution in [3.05, 3.63) is 64.7 Å². The van der Waals surface area contributed by atoms with Gasteiger partial charge in [-0.15, -0.1) is 11.6 Å². The van der Waals surface area contributed by atoms with Gasteiger partial charge in [0.25, 0.3) is 0 Å². The molecule has 2 aromatic rings. The van der Waals surface area contributed by atoms with Crippen molar-refractivity contribution >= 4 is 11.6 Å². The van der Waals surface area contributed by atoms with Crippen LogP contribution in [-0.2, 0) is 0 Å². The summed E-state index contributed by atoms with van der Waals surface area (Å²) in [6, 6.07) is 9.32. The molecule has 0 fully saturated rings. The van der Waals surface area contributed by atoms with Crippen molar-refractivity contribution in [1.82, 2.24) is 0 Å². The number of aryl methyl sites for hydroxylation is 1. The molecule has 4 heteroatoms. The topological polar surface area (TPSA) is 9.23 Å². The lowest BCUT2D eigenvalue weighted by molar-refractivity contribution is 0.414. The third-order valence-corrected chi connectivity index (χ3v) is 3.47. The molecule has 1 atom stereocenters. The van der Waals surface area contributed by atoms with Gasteiger partial charge in [-0.2, -0.15) is 0 Å². The van der Waals surface area contributed by atoms with Crippen molar-refractivity contribution in [2.45, 2.75) is 12.3 Å². The predicted octanol–water partition coefficient (Wildman–Crippen LogP) is 4.61. The zero-order chi connectivity index (χ0) is 14.0. The first-order chi connectivity index (χ1) is 9.04. The van der Waals surface area contributed by atoms with Crippen molar-refractivity contribution < 1.29 is 13.5 Å². The molecular formula is C15H13ClF2O. The van der Waals surface area contributed by atoms with Crippen LogP contribution in [0, 0.1) is 18.6 Å². The zero-order valence-corrected chi connectivity index (χ0v) is 11.3. The average Bonchev–Trinajstić information content (AvgIpc) is 2.41. The summed E-state index contributed by atoms with van der Waals surface area (Å²) in [5, 5.41) is -0.735. The minimum absolute atomic E-state index is 0.134. The molecule has 100 valence electrons. The van der Waals surface area contributed by atoms with Gasteiger partial charge in [0.1, 0.15) is 5.75 Å². The molecule has 2 rings (SSSR count). The maximum atomic E-state index is 13.7. The van der Waals surface area contributed by atoms with Crippen LogP contribution < -0.4 is 4.74 Å². The Bertz CT molecular complexity index is 599. The number of rotatable bonds is 3. The van der Waals surface area contributed by atoms with E-state index >= 15 is 0 Å². The van der Waals surface area contributed by atoms with Crippen molar-refractivity contribution in [3.8, 4) is 5.75 Å². The summed E-state index contributed by atoms with van der Waals surface area (Å²) >= 11 is 6.26. The minimum atomic E-state index is -0.905. The molecule has 19 heavy (non-hydrogen) atoms. The summed E-state index contributed by atoms with van der Waals surface area (Å²) in [6.07, 6.45) is 0. The SMILES string of the molecule is COc1ccc(C(Cl)c2cccc(F)c2F)c(C)c1. The van der Waals surface area contributed by atoms with Crippen LogP contribution >= 0.6 is 11.6 Å². The first-order valence-corrected chi connectivity index (χ1v) is 6.20. The Morgan fingerprint density at radius 3 is 2.47 bits per heavy atom. The fourth-order valence-corrected chi connectivity index (χ4v) is 2.36. The van der Waals surface area contributed by atoms with E-state index in [2.05, 4.69) is 0 Å². The molecule has 0 saturated carbocycles. The van der Waals surface area contributed by atoms with Crippen LogP contribution in [0.25, 0.3) is 0 Å². The molecule has 1 unspecified atom stereocenters. The Balaban J connectivity index is 2.44. The molecule has 0 aromatic heterocycles. The van der Waals surface area contributed by atoms with E-state index in [9.17, 15) is 8.78 Å². The van der Waals surface area contributed by atoms with Gasteiger partial charge in [-0.25, -0.2) is 8.78 Å². The minimum Gasteiger partial charge on any atom is -0.497 e. The quantitative estimate of drug-likeness (QED) is 0.747. The number of methoxy groups -OCH3 is 1. The van der Waals surface area contributed by atoms with E-state index in [0.29, 0.717) is 5.75 Å². The number of halogens is 3. The maximum absolute atomic E-state index is 13.7. The van der Waals surface area contributed by atoms with E-state index in [1.54, 1.807) is 19.2 Å². The van der Waals surface area contributed by atoms with Gasteiger partial charge in [0.2, 0.25) is 0 Å². The molecule has 0 saturated heterocycles. The Morgan fingerprint density at radius 1 is 1.11 bits per heavy atom. The maximum Gasteiger partial charge on any atom is 0.163 e. The van der Waals surface area contributed by atoms with Crippen LogP contribution in [0.4, 0.5) is 8.78 Å². The molecule has 2 aromatic carbocycles. The molecule has 1 nitrogen and oxygen atoms in total. The number of benzene rings is 2. The van der Waals surface area contributed by atoms with Crippen LogP contribution in [0.5, 0.6) is 5.75 Å². The van der Waals surface area contributed by atoms with E-state index in [1.807, 2.05) is 13.0 Å². The largest absolute Gasteiger partial charge is 0.497 e. The van der Waals surface area contributed by atoms with Gasteiger partial charge in [0, 0.05) is 5.56 Å². The first kappa shape index (κ1) is 13.8. The predicted molar refractivity (Wildman–Crippen MR) is 71.8 cm³/mol. The molecular weight excluding hydrogens is 270 g/mol. The molecule has 0 spiro atoms. The second-order valence-corrected chi connectivity index (χ2v) is 4.66. The van der Waals surface area contributed by atoms with Gasteiger partial charge in [-0.1, -0.05) is 18.2 Å². The van der Waals surface area contributed by atoms with Gasteiger partial charge >= 0.3 is 0 Å². The van der Waals surface area contributed by atoms with Crippen LogP contribution in [0.3, 0.4) is 0 Å². The number of alkyl halides is 1. The highest BCUT2D eigenvalue weighted by atomic mass is 35.5. The highest BCUT2D eigenvalue weighted by Gasteiger charge is 2.19. The summed E-state index contributed by atoms with van der Waals surface area (Å²) in [7, 11) is 1.57. The lowest BCUT2D eigenvalue weighted by Crippen LogP contribution is -2.01. The average molecular weight is 283 g/mol. The normalized spacial score (nSPS) is 12.3. The number of hydrogen-bond donors (Lipinski definition) is 0. The van der Waals surface area contributed by atoms with Gasteiger partial charge < -0.3 is 4.74 Å². The molecule has 0 aliphatic carbocycles. The molecule has 0 bridgehead atoms. The fourth-order valence-electron chi connectivity index (χ4n) is 1.94. The zero-order valence-electron chi connectivity index (χ0n) is 10.6. The van der Waals surface area contributed by atoms with Crippen molar-refractivity contribution in [2.75, 3.05) is 7.11 Å². The summed E-state index contributed by atoms with van der Waals surface area (Å²) in [6.45, 7) is 1.85. The first-order valence-electron chi connectivity index (χ1n) is 5.77. The van der Waals surface area contributed by atoms with Gasteiger partial charge in [-0.05, 0) is 36.2 Å². The Hall–Kier alpha value is -1.61. The van der Waals surface area contributed by atoms with Crippen LogP contribution in [-0.4, -0.2) is 7.11 Å². The molecule has 0 amide bonds. The Morgan fingerprint density at radius 2 is 1.84 bits per heavy atom. The van der Waals surface area contributed by atoms with Gasteiger partial charge in [0.05, 0.1) is 12.5 Å². The summed E-state index contributed by atoms with van der Waals surface area (Å²) in [4.78, 5) is 0. The van der Waals surface area contributed by atoms with Crippen LogP contribution in [0.1, 0.15) is 22.1 Å². The summed E-state index contributed by atoms with van der Waals surface area (Å²) < 4.78 is 32.1. The third kappa shape index (κ3) is 2.71. The van der Waals surface area contributed by atoms with Gasteiger partial charge in [-0.3, -0.25) is 0 Å². The Kier molecular flexibility index (Phi) is 4.05. The second kappa shape index (κ2) is 5.57. The van der Waals surface area contributed by atoms with E-state index in [1.165, 1.54) is 12.1 Å². The van der Waals surface area contributed by atoms with E-state index in [4.69, 9.17) is 16.3 Å². The van der Waals surface area contributed by atoms with Crippen molar-refractivity contribution in [1.29, 1.82) is 0 Å². The molecule has 0 radical (unpaired) electrons. The molecule has 0 aliphatic heterocycles. The van der Waals surface area contributed by atoms with E-state index in [-0.39, 0.29) is 5.56 Å². The van der Waals surface area contributed by atoms with Gasteiger partial charge in [0.15, 0.2) is 11.6 Å². The highest BCUT2D eigenvalue weighted by molar-refractivity contribution is 6.22. The second-order valence-electron chi connectivity index (χ2n) is 4.23. The van der Waals surface area contributed by atoms with E-state index in [0.717, 1.165) is 17.2 Å². The monoisotopic (exact) mass is 282 g/mol. The lowest BCUT2D eigenvalue weighted by Gasteiger charge is -2.15. The van der Waals surface area contributed by atoms with E-state index < -0.39 is 17.0 Å². The fraction of sp³-hybridized carbons (Fsp3) is 0.200. The standard InChI is InChI=1S/C15H13ClF2O/c1-9-8-10(19-2)6-7-11(9)14(16)12-4-3-5-13(17)15(12)18/h3-8,14H,1-2H3. The molecule has 0 heterocycles. The lowest BCUT2D eigenvalue weighted by atomic mass is 9.99. The third-order valence-electron chi connectivity index (χ3n) is 3.00. The summed E-state index contributed by atoms with van der Waals surface area (Å²) in [5.74, 6) is -1.10. The highest BCUT2D eigenvalue weighted by Crippen LogP contribution is 2.34. The molecule has 0 N–H and O–H groups in total.